The number of hydrogen-bond donors (Lipinski definition) is 1. The molecule has 3 aromatic rings. The summed E-state index contributed by atoms with van der Waals surface area (Å²) >= 11 is 6.50. The van der Waals surface area contributed by atoms with Gasteiger partial charge in [-0.2, -0.15) is 8.42 Å². The number of nitro groups is 1. The molecule has 0 unspecified atom stereocenters. The summed E-state index contributed by atoms with van der Waals surface area (Å²) in [6.07, 6.45) is 1.06. The molecule has 1 aliphatic rings. The Morgan fingerprint density at radius 2 is 1.68 bits per heavy atom. The number of halogens is 2. The highest BCUT2D eigenvalue weighted by molar-refractivity contribution is 9.11. The molecule has 0 spiro atoms. The van der Waals surface area contributed by atoms with E-state index >= 15 is 0 Å². The number of carbonyl (C=O) groups is 3. The molecule has 0 saturated carbocycles. The van der Waals surface area contributed by atoms with Crippen LogP contribution >= 0.6 is 31.9 Å². The van der Waals surface area contributed by atoms with Gasteiger partial charge in [0.25, 0.3) is 17.5 Å². The summed E-state index contributed by atoms with van der Waals surface area (Å²) in [6, 6.07) is 13.9. The van der Waals surface area contributed by atoms with Crippen LogP contribution in [0.25, 0.3) is 6.08 Å². The molecule has 1 aliphatic heterocycles. The van der Waals surface area contributed by atoms with E-state index in [-0.39, 0.29) is 32.1 Å². The summed E-state index contributed by atoms with van der Waals surface area (Å²) in [5.41, 5.74) is -1.06. The monoisotopic (exact) mass is 649 g/mol. The molecule has 188 valence electrons. The molecule has 0 radical (unpaired) electrons. The van der Waals surface area contributed by atoms with E-state index in [1.165, 1.54) is 54.6 Å². The van der Waals surface area contributed by atoms with Gasteiger partial charge in [0, 0.05) is 22.2 Å². The van der Waals surface area contributed by atoms with Crippen LogP contribution in [-0.2, 0) is 19.7 Å². The fourth-order valence-electron chi connectivity index (χ4n) is 3.31. The maximum atomic E-state index is 13.2. The molecule has 3 aromatic carbocycles. The molecule has 0 aromatic heterocycles. The molecule has 0 bridgehead atoms. The molecular formula is C23H13Br2N3O8S. The van der Waals surface area contributed by atoms with Crippen LogP contribution in [0.1, 0.15) is 5.56 Å². The largest absolute Gasteiger partial charge is 0.377 e. The number of rotatable bonds is 6. The molecular weight excluding hydrogens is 638 g/mol. The molecule has 1 saturated heterocycles. The molecule has 37 heavy (non-hydrogen) atoms. The lowest BCUT2D eigenvalue weighted by molar-refractivity contribution is -0.384. The Labute approximate surface area is 226 Å². The summed E-state index contributed by atoms with van der Waals surface area (Å²) in [5, 5.41) is 13.1. The minimum absolute atomic E-state index is 0.00703. The lowest BCUT2D eigenvalue weighted by Crippen LogP contribution is -2.54. The Morgan fingerprint density at radius 1 is 0.973 bits per heavy atom. The maximum Gasteiger partial charge on any atom is 0.339 e. The molecule has 1 heterocycles. The molecule has 4 rings (SSSR count). The lowest BCUT2D eigenvalue weighted by atomic mass is 10.1. The molecule has 1 fully saturated rings. The number of non-ortho nitro benzene ring substituents is 1. The fraction of sp³-hybridized carbons (Fsp3) is 0. The summed E-state index contributed by atoms with van der Waals surface area (Å²) in [6.45, 7) is 0. The van der Waals surface area contributed by atoms with Gasteiger partial charge in [-0.25, -0.2) is 9.69 Å². The number of carbonyl (C=O) groups excluding carboxylic acids is 3. The number of hydrogen-bond acceptors (Lipinski definition) is 8. The molecule has 1 N–H and O–H groups in total. The van der Waals surface area contributed by atoms with Crippen molar-refractivity contribution in [1.29, 1.82) is 0 Å². The van der Waals surface area contributed by atoms with Crippen LogP contribution in [0.4, 0.5) is 16.2 Å². The van der Waals surface area contributed by atoms with Gasteiger partial charge in [-0.05, 0) is 52.3 Å². The lowest BCUT2D eigenvalue weighted by Gasteiger charge is -2.26. The van der Waals surface area contributed by atoms with Crippen molar-refractivity contribution in [3.05, 3.63) is 96.9 Å². The second kappa shape index (κ2) is 10.2. The smallest absolute Gasteiger partial charge is 0.339 e. The van der Waals surface area contributed by atoms with E-state index in [4.69, 9.17) is 4.18 Å². The average molecular weight is 651 g/mol. The Bertz CT molecular complexity index is 1610. The SMILES string of the molecule is O=C1NC(=O)N(c2cccc([N+](=O)[O-])c2)C(=O)/C1=C/c1cc(Br)cc(Br)c1OS(=O)(=O)c1ccccc1. The van der Waals surface area contributed by atoms with Crippen LogP contribution in [-0.4, -0.2) is 31.2 Å². The first-order valence-corrected chi connectivity index (χ1v) is 13.1. The van der Waals surface area contributed by atoms with Gasteiger partial charge in [-0.3, -0.25) is 25.0 Å². The third-order valence-electron chi connectivity index (χ3n) is 4.96. The van der Waals surface area contributed by atoms with Gasteiger partial charge >= 0.3 is 16.1 Å². The third kappa shape index (κ3) is 5.45. The first kappa shape index (κ1) is 26.2. The van der Waals surface area contributed by atoms with E-state index in [1.54, 1.807) is 6.07 Å². The maximum absolute atomic E-state index is 13.2. The minimum Gasteiger partial charge on any atom is -0.377 e. The van der Waals surface area contributed by atoms with E-state index in [0.29, 0.717) is 9.37 Å². The second-order valence-corrected chi connectivity index (χ2v) is 10.7. The number of nitrogens with zero attached hydrogens (tertiary/aromatic N) is 2. The van der Waals surface area contributed by atoms with Crippen LogP contribution in [0, 0.1) is 10.1 Å². The standard InChI is InChI=1S/C23H13Br2N3O8S/c24-14-9-13(20(19(25)11-14)36-37(34,35)17-7-2-1-3-8-17)10-18-21(29)26-23(31)27(22(18)30)15-5-4-6-16(12-15)28(32)33/h1-12H,(H,26,29,31)/b18-10+. The van der Waals surface area contributed by atoms with Gasteiger partial charge in [0.1, 0.15) is 10.5 Å². The van der Waals surface area contributed by atoms with Crippen molar-refractivity contribution in [3.8, 4) is 5.75 Å². The van der Waals surface area contributed by atoms with E-state index in [0.717, 1.165) is 12.1 Å². The average Bonchev–Trinajstić information content (AvgIpc) is 2.84. The summed E-state index contributed by atoms with van der Waals surface area (Å²) < 4.78 is 31.7. The third-order valence-corrected chi connectivity index (χ3v) is 7.24. The second-order valence-electron chi connectivity index (χ2n) is 7.39. The van der Waals surface area contributed by atoms with Gasteiger partial charge in [0.15, 0.2) is 5.75 Å². The Balaban J connectivity index is 1.80. The Kier molecular flexibility index (Phi) is 7.25. The van der Waals surface area contributed by atoms with Gasteiger partial charge < -0.3 is 4.18 Å². The van der Waals surface area contributed by atoms with Crippen LogP contribution in [0.5, 0.6) is 5.75 Å². The fourth-order valence-corrected chi connectivity index (χ4v) is 5.75. The zero-order chi connectivity index (χ0) is 26.9. The van der Waals surface area contributed by atoms with Crippen molar-refractivity contribution in [2.75, 3.05) is 4.90 Å². The number of nitro benzene ring substituents is 1. The van der Waals surface area contributed by atoms with E-state index in [9.17, 15) is 32.9 Å². The number of nitrogens with one attached hydrogen (secondary N) is 1. The van der Waals surface area contributed by atoms with Crippen LogP contribution in [0.3, 0.4) is 0 Å². The molecule has 0 aliphatic carbocycles. The zero-order valence-electron chi connectivity index (χ0n) is 18.3. The topological polar surface area (TPSA) is 153 Å². The molecule has 4 amide bonds. The number of urea groups is 1. The highest BCUT2D eigenvalue weighted by Gasteiger charge is 2.37. The van der Waals surface area contributed by atoms with Crippen LogP contribution in [0.15, 0.2) is 86.1 Å². The Morgan fingerprint density at radius 3 is 2.35 bits per heavy atom. The van der Waals surface area contributed by atoms with Crippen LogP contribution in [0.2, 0.25) is 0 Å². The zero-order valence-corrected chi connectivity index (χ0v) is 22.2. The van der Waals surface area contributed by atoms with Crippen molar-refractivity contribution < 1.29 is 31.9 Å². The highest BCUT2D eigenvalue weighted by atomic mass is 79.9. The number of imide groups is 2. The van der Waals surface area contributed by atoms with Gasteiger partial charge in [0.05, 0.1) is 15.1 Å². The van der Waals surface area contributed by atoms with Crippen molar-refractivity contribution >= 4 is 77.3 Å². The van der Waals surface area contributed by atoms with Gasteiger partial charge in [-0.1, -0.05) is 40.2 Å². The quantitative estimate of drug-likeness (QED) is 0.134. The first-order valence-electron chi connectivity index (χ1n) is 10.1. The van der Waals surface area contributed by atoms with Crippen molar-refractivity contribution in [1.82, 2.24) is 5.32 Å². The van der Waals surface area contributed by atoms with E-state index in [1.807, 2.05) is 5.32 Å². The van der Waals surface area contributed by atoms with E-state index in [2.05, 4.69) is 31.9 Å². The van der Waals surface area contributed by atoms with Crippen LogP contribution < -0.4 is 14.4 Å². The highest BCUT2D eigenvalue weighted by Crippen LogP contribution is 2.37. The van der Waals surface area contributed by atoms with E-state index < -0.39 is 38.5 Å². The number of anilines is 1. The minimum atomic E-state index is -4.30. The predicted octanol–water partition coefficient (Wildman–Crippen LogP) is 4.55. The van der Waals surface area contributed by atoms with Crippen molar-refractivity contribution in [3.63, 3.8) is 0 Å². The predicted molar refractivity (Wildman–Crippen MR) is 138 cm³/mol. The normalized spacial score (nSPS) is 15.0. The number of benzene rings is 3. The number of barbiturate groups is 1. The molecule has 0 atom stereocenters. The summed E-state index contributed by atoms with van der Waals surface area (Å²) in [7, 11) is -4.30. The summed E-state index contributed by atoms with van der Waals surface area (Å²) in [5.74, 6) is -2.36. The first-order chi connectivity index (χ1) is 17.5. The van der Waals surface area contributed by atoms with Crippen molar-refractivity contribution in [2.45, 2.75) is 4.90 Å². The van der Waals surface area contributed by atoms with Gasteiger partial charge in [-0.15, -0.1) is 0 Å². The number of amides is 4. The van der Waals surface area contributed by atoms with Crippen molar-refractivity contribution in [2.24, 2.45) is 0 Å². The Hall–Kier alpha value is -3.88. The summed E-state index contributed by atoms with van der Waals surface area (Å²) in [4.78, 5) is 49.2. The molecule has 11 nitrogen and oxygen atoms in total. The van der Waals surface area contributed by atoms with Gasteiger partial charge in [0.2, 0.25) is 0 Å². The molecule has 14 heteroatoms.